The van der Waals surface area contributed by atoms with Crippen molar-refractivity contribution in [2.24, 2.45) is 0 Å². The number of ether oxygens (including phenoxy) is 2. The molecule has 1 aromatic rings. The van der Waals surface area contributed by atoms with Gasteiger partial charge in [0.05, 0.1) is 6.07 Å². The van der Waals surface area contributed by atoms with Crippen molar-refractivity contribution in [2.75, 3.05) is 18.5 Å². The summed E-state index contributed by atoms with van der Waals surface area (Å²) in [7, 11) is 0. The van der Waals surface area contributed by atoms with Crippen LogP contribution in [0.15, 0.2) is 41.8 Å². The Kier molecular flexibility index (Phi) is 5.41. The number of amides is 1. The van der Waals surface area contributed by atoms with E-state index in [0.717, 1.165) is 12.8 Å². The summed E-state index contributed by atoms with van der Waals surface area (Å²) in [6.45, 7) is -0.846. The summed E-state index contributed by atoms with van der Waals surface area (Å²) < 4.78 is 10.2. The van der Waals surface area contributed by atoms with E-state index in [9.17, 15) is 19.6 Å². The zero-order valence-electron chi connectivity index (χ0n) is 14.6. The van der Waals surface area contributed by atoms with Crippen molar-refractivity contribution in [3.05, 3.63) is 41.8 Å². The van der Waals surface area contributed by atoms with Crippen molar-refractivity contribution in [3.63, 3.8) is 0 Å². The SMILES string of the molecule is N#CC1(NC(=O)COC(=O)C2=C(Nc3ccccc3)OCC2=O)CCCC1. The molecule has 1 saturated carbocycles. The van der Waals surface area contributed by atoms with Gasteiger partial charge in [0, 0.05) is 5.69 Å². The summed E-state index contributed by atoms with van der Waals surface area (Å²) in [5.74, 6) is -2.04. The average molecular weight is 369 g/mol. The zero-order valence-corrected chi connectivity index (χ0v) is 14.6. The maximum absolute atomic E-state index is 12.3. The molecule has 8 heteroatoms. The van der Waals surface area contributed by atoms with E-state index in [-0.39, 0.29) is 18.1 Å². The maximum Gasteiger partial charge on any atom is 0.347 e. The topological polar surface area (TPSA) is 118 Å². The van der Waals surface area contributed by atoms with Crippen LogP contribution < -0.4 is 10.6 Å². The standard InChI is InChI=1S/C19H19N3O5/c20-12-19(8-4-5-9-19)22-15(24)11-27-18(25)16-14(23)10-26-17(16)21-13-6-2-1-3-7-13/h1-3,6-7,21H,4-5,8-11H2,(H,22,24). The summed E-state index contributed by atoms with van der Waals surface area (Å²) in [6, 6.07) is 11.0. The van der Waals surface area contributed by atoms with E-state index in [1.807, 2.05) is 6.07 Å². The molecule has 0 aromatic heterocycles. The van der Waals surface area contributed by atoms with Crippen molar-refractivity contribution < 1.29 is 23.9 Å². The molecule has 0 radical (unpaired) electrons. The molecular formula is C19H19N3O5. The number of nitrogens with one attached hydrogen (secondary N) is 2. The number of carbonyl (C=O) groups is 3. The highest BCUT2D eigenvalue weighted by Crippen LogP contribution is 2.28. The molecule has 27 heavy (non-hydrogen) atoms. The molecule has 1 heterocycles. The highest BCUT2D eigenvalue weighted by Gasteiger charge is 2.36. The van der Waals surface area contributed by atoms with Crippen molar-refractivity contribution in [2.45, 2.75) is 31.2 Å². The predicted octanol–water partition coefficient (Wildman–Crippen LogP) is 1.41. The molecule has 0 atom stereocenters. The molecule has 1 aliphatic heterocycles. The van der Waals surface area contributed by atoms with Gasteiger partial charge in [-0.25, -0.2) is 4.79 Å². The van der Waals surface area contributed by atoms with Crippen molar-refractivity contribution in [1.29, 1.82) is 5.26 Å². The number of hydrogen-bond acceptors (Lipinski definition) is 7. The quantitative estimate of drug-likeness (QED) is 0.575. The van der Waals surface area contributed by atoms with Gasteiger partial charge in [0.25, 0.3) is 5.91 Å². The number of hydrogen-bond donors (Lipinski definition) is 2. The molecule has 0 saturated heterocycles. The van der Waals surface area contributed by atoms with Crippen LogP contribution in [0, 0.1) is 11.3 Å². The molecule has 2 aliphatic rings. The lowest BCUT2D eigenvalue weighted by molar-refractivity contribution is -0.146. The highest BCUT2D eigenvalue weighted by atomic mass is 16.5. The third-order valence-electron chi connectivity index (χ3n) is 4.47. The van der Waals surface area contributed by atoms with E-state index in [1.165, 1.54) is 0 Å². The summed E-state index contributed by atoms with van der Waals surface area (Å²) in [5, 5.41) is 14.8. The number of anilines is 1. The summed E-state index contributed by atoms with van der Waals surface area (Å²) in [6.07, 6.45) is 2.87. The molecule has 1 aromatic carbocycles. The number of nitrogens with zero attached hydrogens (tertiary/aromatic N) is 1. The minimum absolute atomic E-state index is 0.000830. The first-order valence-corrected chi connectivity index (χ1v) is 8.65. The minimum atomic E-state index is -0.941. The first kappa shape index (κ1) is 18.5. The van der Waals surface area contributed by atoms with E-state index < -0.39 is 29.8 Å². The second kappa shape index (κ2) is 7.91. The van der Waals surface area contributed by atoms with Gasteiger partial charge >= 0.3 is 5.97 Å². The van der Waals surface area contributed by atoms with E-state index in [4.69, 9.17) is 9.47 Å². The first-order valence-electron chi connectivity index (χ1n) is 8.65. The van der Waals surface area contributed by atoms with Crippen molar-refractivity contribution in [1.82, 2.24) is 5.32 Å². The third-order valence-corrected chi connectivity index (χ3v) is 4.47. The van der Waals surface area contributed by atoms with Crippen LogP contribution in [-0.2, 0) is 23.9 Å². The lowest BCUT2D eigenvalue weighted by atomic mass is 10.00. The molecule has 1 aliphatic carbocycles. The minimum Gasteiger partial charge on any atom is -0.470 e. The Morgan fingerprint density at radius 3 is 2.59 bits per heavy atom. The molecule has 0 bridgehead atoms. The largest absolute Gasteiger partial charge is 0.470 e. The van der Waals surface area contributed by atoms with Crippen LogP contribution in [0.2, 0.25) is 0 Å². The van der Waals surface area contributed by atoms with Gasteiger partial charge in [-0.15, -0.1) is 0 Å². The Balaban J connectivity index is 1.61. The van der Waals surface area contributed by atoms with Gasteiger partial charge in [-0.1, -0.05) is 18.2 Å². The molecule has 140 valence electrons. The molecule has 1 fully saturated rings. The zero-order chi connectivity index (χ0) is 19.3. The Hall–Kier alpha value is -3.34. The average Bonchev–Trinajstić information content (AvgIpc) is 3.28. The van der Waals surface area contributed by atoms with Crippen LogP contribution in [0.25, 0.3) is 0 Å². The van der Waals surface area contributed by atoms with Crippen LogP contribution in [0.1, 0.15) is 25.7 Å². The molecule has 0 spiro atoms. The number of nitriles is 1. The molecular weight excluding hydrogens is 350 g/mol. The monoisotopic (exact) mass is 369 g/mol. The Bertz CT molecular complexity index is 819. The molecule has 2 N–H and O–H groups in total. The number of benzene rings is 1. The second-order valence-electron chi connectivity index (χ2n) is 6.43. The normalized spacial score (nSPS) is 17.8. The van der Waals surface area contributed by atoms with Gasteiger partial charge in [-0.05, 0) is 37.8 Å². The first-order chi connectivity index (χ1) is 13.0. The Labute approximate surface area is 156 Å². The van der Waals surface area contributed by atoms with Crippen molar-refractivity contribution >= 4 is 23.3 Å². The van der Waals surface area contributed by atoms with E-state index in [0.29, 0.717) is 18.5 Å². The third kappa shape index (κ3) is 4.26. The molecule has 3 rings (SSSR count). The number of esters is 1. The lowest BCUT2D eigenvalue weighted by Gasteiger charge is -2.21. The molecule has 1 amide bonds. The van der Waals surface area contributed by atoms with E-state index >= 15 is 0 Å². The Morgan fingerprint density at radius 2 is 1.93 bits per heavy atom. The van der Waals surface area contributed by atoms with Gasteiger partial charge in [0.15, 0.2) is 18.8 Å². The highest BCUT2D eigenvalue weighted by molar-refractivity contribution is 6.20. The second-order valence-corrected chi connectivity index (χ2v) is 6.43. The fraction of sp³-hybridized carbons (Fsp3) is 0.368. The van der Waals surface area contributed by atoms with Gasteiger partial charge in [0.1, 0.15) is 5.54 Å². The van der Waals surface area contributed by atoms with Gasteiger partial charge in [0.2, 0.25) is 11.7 Å². The lowest BCUT2D eigenvalue weighted by Crippen LogP contribution is -2.46. The fourth-order valence-electron chi connectivity index (χ4n) is 3.12. The van der Waals surface area contributed by atoms with E-state index in [1.54, 1.807) is 24.3 Å². The van der Waals surface area contributed by atoms with Gasteiger partial charge in [-0.3, -0.25) is 9.59 Å². The number of ketones is 1. The number of para-hydroxylation sites is 1. The van der Waals surface area contributed by atoms with Gasteiger partial charge in [-0.2, -0.15) is 5.26 Å². The van der Waals surface area contributed by atoms with Crippen LogP contribution in [0.3, 0.4) is 0 Å². The number of rotatable bonds is 6. The van der Waals surface area contributed by atoms with Crippen LogP contribution >= 0.6 is 0 Å². The summed E-state index contributed by atoms with van der Waals surface area (Å²) >= 11 is 0. The number of Topliss-reactive ketones (excluding diaryl/α,β-unsaturated/α-hetero) is 1. The van der Waals surface area contributed by atoms with Crippen LogP contribution in [0.4, 0.5) is 5.69 Å². The van der Waals surface area contributed by atoms with E-state index in [2.05, 4.69) is 16.7 Å². The molecule has 0 unspecified atom stereocenters. The van der Waals surface area contributed by atoms with Crippen LogP contribution in [-0.4, -0.2) is 36.4 Å². The smallest absolute Gasteiger partial charge is 0.347 e. The maximum atomic E-state index is 12.3. The predicted molar refractivity (Wildman–Crippen MR) is 94.0 cm³/mol. The molecule has 8 nitrogen and oxygen atoms in total. The number of carbonyl (C=O) groups excluding carboxylic acids is 3. The summed E-state index contributed by atoms with van der Waals surface area (Å²) in [5.41, 5.74) is -0.514. The Morgan fingerprint density at radius 1 is 1.22 bits per heavy atom. The van der Waals surface area contributed by atoms with Crippen molar-refractivity contribution in [3.8, 4) is 6.07 Å². The van der Waals surface area contributed by atoms with Crippen LogP contribution in [0.5, 0.6) is 0 Å². The van der Waals surface area contributed by atoms with Gasteiger partial charge < -0.3 is 20.1 Å². The summed E-state index contributed by atoms with van der Waals surface area (Å²) in [4.78, 5) is 36.3. The fourth-order valence-corrected chi connectivity index (χ4v) is 3.12.